The molecular formula is C4H9BS. The van der Waals surface area contributed by atoms with Gasteiger partial charge in [0.15, 0.2) is 7.12 Å². The molecule has 0 aromatic rings. The highest BCUT2D eigenvalue weighted by molar-refractivity contribution is 8.20. The van der Waals surface area contributed by atoms with E-state index in [9.17, 15) is 0 Å². The largest absolute Gasteiger partial charge is 0.221 e. The number of hydrogen-bond donors (Lipinski definition) is 0. The van der Waals surface area contributed by atoms with Crippen LogP contribution in [0.15, 0.2) is 0 Å². The summed E-state index contributed by atoms with van der Waals surface area (Å²) < 4.78 is 0.236. The molecule has 0 saturated heterocycles. The van der Waals surface area contributed by atoms with Gasteiger partial charge in [0.2, 0.25) is 0 Å². The topological polar surface area (TPSA) is 0 Å². The van der Waals surface area contributed by atoms with Crippen molar-refractivity contribution in [3.05, 3.63) is 0 Å². The molecule has 0 unspecified atom stereocenters. The van der Waals surface area contributed by atoms with Crippen LogP contribution in [0, 0.1) is 0 Å². The first kappa shape index (κ1) is 6.41. The van der Waals surface area contributed by atoms with Gasteiger partial charge in [-0.1, -0.05) is 20.8 Å². The average molecular weight is 100.0 g/mol. The fourth-order valence-corrected chi connectivity index (χ4v) is 0. The van der Waals surface area contributed by atoms with Crippen LogP contribution in [0.4, 0.5) is 0 Å². The second-order valence-corrected chi connectivity index (χ2v) is 3.69. The van der Waals surface area contributed by atoms with E-state index in [0.717, 1.165) is 0 Å². The van der Waals surface area contributed by atoms with Crippen molar-refractivity contribution in [3.8, 4) is 0 Å². The molecule has 0 amide bonds. The molecular weight excluding hydrogens is 90.9 g/mol. The molecule has 0 aliphatic carbocycles. The summed E-state index contributed by atoms with van der Waals surface area (Å²) in [6.07, 6.45) is 0. The first-order valence-electron chi connectivity index (χ1n) is 1.94. The van der Waals surface area contributed by atoms with Gasteiger partial charge in [0, 0.05) is 0 Å². The van der Waals surface area contributed by atoms with Crippen molar-refractivity contribution >= 4 is 18.7 Å². The predicted molar refractivity (Wildman–Crippen MR) is 33.1 cm³/mol. The molecule has 2 heteroatoms. The van der Waals surface area contributed by atoms with E-state index in [-0.39, 0.29) is 4.75 Å². The molecule has 0 aromatic heterocycles. The van der Waals surface area contributed by atoms with Crippen molar-refractivity contribution in [1.29, 1.82) is 0 Å². The lowest BCUT2D eigenvalue weighted by molar-refractivity contribution is 0.810. The van der Waals surface area contributed by atoms with Gasteiger partial charge in [-0.3, -0.25) is 0 Å². The molecule has 0 bridgehead atoms. The summed E-state index contributed by atoms with van der Waals surface area (Å²) in [4.78, 5) is 0. The molecule has 0 heterocycles. The van der Waals surface area contributed by atoms with Gasteiger partial charge in [-0.15, -0.1) is 0 Å². The fraction of sp³-hybridized carbons (Fsp3) is 1.00. The third-order valence-corrected chi connectivity index (χ3v) is 1.06. The molecule has 0 fully saturated rings. The monoisotopic (exact) mass is 100 g/mol. The van der Waals surface area contributed by atoms with Gasteiger partial charge in [0.1, 0.15) is 0 Å². The standard InChI is InChI=1S/C4H9BS/c1-4(2,3)6-5/h1-3H3. The second-order valence-electron chi connectivity index (χ2n) is 2.23. The van der Waals surface area contributed by atoms with E-state index >= 15 is 0 Å². The lowest BCUT2D eigenvalue weighted by atomic mass is 10.3. The molecule has 0 rings (SSSR count). The van der Waals surface area contributed by atoms with Crippen LogP contribution in [0.2, 0.25) is 0 Å². The summed E-state index contributed by atoms with van der Waals surface area (Å²) in [5.74, 6) is 0. The minimum atomic E-state index is 0.236. The quantitative estimate of drug-likeness (QED) is 0.416. The molecule has 0 atom stereocenters. The van der Waals surface area contributed by atoms with Gasteiger partial charge in [0.25, 0.3) is 0 Å². The Morgan fingerprint density at radius 3 is 1.50 bits per heavy atom. The molecule has 2 radical (unpaired) electrons. The van der Waals surface area contributed by atoms with Gasteiger partial charge >= 0.3 is 0 Å². The Labute approximate surface area is 45.0 Å². The molecule has 6 heavy (non-hydrogen) atoms. The van der Waals surface area contributed by atoms with Crippen molar-refractivity contribution in [2.24, 2.45) is 0 Å². The lowest BCUT2D eigenvalue weighted by Crippen LogP contribution is -2.05. The van der Waals surface area contributed by atoms with Crippen LogP contribution in [-0.2, 0) is 0 Å². The van der Waals surface area contributed by atoms with Crippen LogP contribution in [0.3, 0.4) is 0 Å². The molecule has 0 aliphatic heterocycles. The van der Waals surface area contributed by atoms with Gasteiger partial charge < -0.3 is 0 Å². The van der Waals surface area contributed by atoms with Crippen LogP contribution in [0.5, 0.6) is 0 Å². The highest BCUT2D eigenvalue weighted by Gasteiger charge is 2.03. The van der Waals surface area contributed by atoms with E-state index < -0.39 is 0 Å². The Morgan fingerprint density at radius 2 is 1.50 bits per heavy atom. The smallest absolute Gasteiger partial charge is 0.162 e. The lowest BCUT2D eigenvalue weighted by Gasteiger charge is -2.13. The molecule has 0 saturated carbocycles. The Balaban J connectivity index is 3.17. The zero-order chi connectivity index (χ0) is 5.21. The van der Waals surface area contributed by atoms with E-state index in [1.165, 1.54) is 11.6 Å². The zero-order valence-corrected chi connectivity index (χ0v) is 5.30. The Bertz CT molecular complexity index is 37.3. The highest BCUT2D eigenvalue weighted by atomic mass is 32.2. The number of hydrogen-bond acceptors (Lipinski definition) is 1. The van der Waals surface area contributed by atoms with Crippen LogP contribution >= 0.6 is 11.6 Å². The first-order valence-corrected chi connectivity index (χ1v) is 2.82. The number of rotatable bonds is 0. The summed E-state index contributed by atoms with van der Waals surface area (Å²) >= 11 is 1.38. The highest BCUT2D eigenvalue weighted by Crippen LogP contribution is 2.17. The van der Waals surface area contributed by atoms with Crippen LogP contribution in [-0.4, -0.2) is 11.9 Å². The SMILES string of the molecule is [B]SC(C)(C)C. The van der Waals surface area contributed by atoms with Gasteiger partial charge in [-0.25, -0.2) is 11.6 Å². The maximum Gasteiger partial charge on any atom is 0.162 e. The minimum Gasteiger partial charge on any atom is -0.221 e. The van der Waals surface area contributed by atoms with Crippen molar-refractivity contribution in [1.82, 2.24) is 0 Å². The van der Waals surface area contributed by atoms with Gasteiger partial charge in [0.05, 0.1) is 0 Å². The molecule has 0 aliphatic rings. The Morgan fingerprint density at radius 1 is 1.33 bits per heavy atom. The van der Waals surface area contributed by atoms with Crippen LogP contribution in [0.25, 0.3) is 0 Å². The summed E-state index contributed by atoms with van der Waals surface area (Å²) in [6, 6.07) is 0. The van der Waals surface area contributed by atoms with E-state index in [1.807, 2.05) is 0 Å². The van der Waals surface area contributed by atoms with Crippen molar-refractivity contribution in [2.75, 3.05) is 0 Å². The fourth-order valence-electron chi connectivity index (χ4n) is 0. The average Bonchev–Trinajstić information content (AvgIpc) is 1.35. The van der Waals surface area contributed by atoms with Gasteiger partial charge in [-0.05, 0) is 4.75 Å². The molecule has 0 spiro atoms. The summed E-state index contributed by atoms with van der Waals surface area (Å²) in [5, 5.41) is 0. The molecule has 0 nitrogen and oxygen atoms in total. The van der Waals surface area contributed by atoms with Crippen molar-refractivity contribution < 1.29 is 0 Å². The van der Waals surface area contributed by atoms with E-state index in [0.29, 0.717) is 0 Å². The minimum absolute atomic E-state index is 0.236. The maximum atomic E-state index is 5.22. The summed E-state index contributed by atoms with van der Waals surface area (Å²) in [6.45, 7) is 6.24. The molecule has 0 N–H and O–H groups in total. The Hall–Kier alpha value is 0.415. The van der Waals surface area contributed by atoms with Crippen molar-refractivity contribution in [2.45, 2.75) is 25.5 Å². The third-order valence-electron chi connectivity index (χ3n) is 0.354. The van der Waals surface area contributed by atoms with Crippen LogP contribution in [0.1, 0.15) is 20.8 Å². The first-order chi connectivity index (χ1) is 2.56. The van der Waals surface area contributed by atoms with E-state index in [2.05, 4.69) is 20.8 Å². The summed E-state index contributed by atoms with van der Waals surface area (Å²) in [7, 11) is 5.22. The maximum absolute atomic E-state index is 5.22. The molecule has 34 valence electrons. The second kappa shape index (κ2) is 1.92. The summed E-state index contributed by atoms with van der Waals surface area (Å²) in [5.41, 5.74) is 0. The Kier molecular flexibility index (Phi) is 2.05. The zero-order valence-electron chi connectivity index (χ0n) is 4.49. The van der Waals surface area contributed by atoms with E-state index in [4.69, 9.17) is 7.12 Å². The van der Waals surface area contributed by atoms with E-state index in [1.54, 1.807) is 0 Å². The van der Waals surface area contributed by atoms with Gasteiger partial charge in [-0.2, -0.15) is 0 Å². The van der Waals surface area contributed by atoms with Crippen molar-refractivity contribution in [3.63, 3.8) is 0 Å². The predicted octanol–water partition coefficient (Wildman–Crippen LogP) is 1.60. The molecule has 0 aromatic carbocycles. The third kappa shape index (κ3) is 4.41. The normalized spacial score (nSPS) is 11.8. The van der Waals surface area contributed by atoms with Crippen LogP contribution < -0.4 is 0 Å².